The van der Waals surface area contributed by atoms with Crippen molar-refractivity contribution in [3.05, 3.63) is 30.3 Å². The Morgan fingerprint density at radius 2 is 1.48 bits per heavy atom. The van der Waals surface area contributed by atoms with Crippen molar-refractivity contribution in [1.29, 1.82) is 0 Å². The number of hydrogen-bond acceptors (Lipinski definition) is 7. The molecule has 7 heteroatoms. The molecule has 1 aromatic rings. The first-order valence-electron chi connectivity index (χ1n) is 8.38. The molecule has 0 spiro atoms. The molecule has 0 unspecified atom stereocenters. The number of fused-ring (bicyclic) bond motifs is 3. The van der Waals surface area contributed by atoms with Gasteiger partial charge in [0.15, 0.2) is 24.0 Å². The molecule has 0 bridgehead atoms. The van der Waals surface area contributed by atoms with E-state index in [1.54, 1.807) is 52.0 Å². The number of hydrogen-bond donors (Lipinski definition) is 0. The monoisotopic (exact) mass is 350 g/mol. The summed E-state index contributed by atoms with van der Waals surface area (Å²) in [5.74, 6) is -1.78. The van der Waals surface area contributed by atoms with Crippen LogP contribution in [0.25, 0.3) is 0 Å². The van der Waals surface area contributed by atoms with Crippen LogP contribution in [0.5, 0.6) is 5.75 Å². The number of para-hydroxylation sites is 1. The van der Waals surface area contributed by atoms with Gasteiger partial charge in [0.2, 0.25) is 0 Å². The molecular formula is C18H22O7. The number of ether oxygens (including phenoxy) is 6. The van der Waals surface area contributed by atoms with Crippen molar-refractivity contribution in [3.63, 3.8) is 0 Å². The summed E-state index contributed by atoms with van der Waals surface area (Å²) in [6.07, 6.45) is -3.27. The molecule has 0 saturated carbocycles. The van der Waals surface area contributed by atoms with Gasteiger partial charge in [-0.25, -0.2) is 4.79 Å². The maximum Gasteiger partial charge on any atom is 0.343 e. The highest BCUT2D eigenvalue weighted by molar-refractivity contribution is 5.78. The fourth-order valence-electron chi connectivity index (χ4n) is 3.46. The molecule has 0 N–H and O–H groups in total. The summed E-state index contributed by atoms with van der Waals surface area (Å²) >= 11 is 0. The molecule has 3 aliphatic heterocycles. The quantitative estimate of drug-likeness (QED) is 0.596. The predicted molar refractivity (Wildman–Crippen MR) is 84.6 cm³/mol. The van der Waals surface area contributed by atoms with E-state index < -0.39 is 48.2 Å². The van der Waals surface area contributed by atoms with E-state index in [-0.39, 0.29) is 0 Å². The Balaban J connectivity index is 1.58. The third kappa shape index (κ3) is 3.18. The minimum atomic E-state index is -0.967. The van der Waals surface area contributed by atoms with Crippen molar-refractivity contribution in [3.8, 4) is 5.75 Å². The van der Waals surface area contributed by atoms with Crippen molar-refractivity contribution in [2.45, 2.75) is 70.0 Å². The van der Waals surface area contributed by atoms with E-state index in [2.05, 4.69) is 0 Å². The minimum absolute atomic E-state index is 0.442. The van der Waals surface area contributed by atoms with Crippen LogP contribution >= 0.6 is 0 Å². The normalized spacial score (nSPS) is 38.0. The second-order valence-corrected chi connectivity index (χ2v) is 7.32. The zero-order chi connectivity index (χ0) is 17.8. The molecule has 25 heavy (non-hydrogen) atoms. The molecule has 0 amide bonds. The Labute approximate surface area is 146 Å². The number of carbonyl (C=O) groups excluding carboxylic acids is 1. The number of rotatable bonds is 2. The Kier molecular flexibility index (Phi) is 3.90. The zero-order valence-electron chi connectivity index (χ0n) is 14.6. The van der Waals surface area contributed by atoms with Gasteiger partial charge >= 0.3 is 5.97 Å². The van der Waals surface area contributed by atoms with Crippen LogP contribution in [0.4, 0.5) is 0 Å². The topological polar surface area (TPSA) is 72.5 Å². The summed E-state index contributed by atoms with van der Waals surface area (Å²) < 4.78 is 34.9. The Hall–Kier alpha value is -1.51. The smallest absolute Gasteiger partial charge is 0.343 e. The van der Waals surface area contributed by atoms with E-state index in [9.17, 15) is 4.79 Å². The second-order valence-electron chi connectivity index (χ2n) is 7.32. The van der Waals surface area contributed by atoms with Gasteiger partial charge in [-0.3, -0.25) is 0 Å². The molecule has 3 saturated heterocycles. The van der Waals surface area contributed by atoms with Crippen LogP contribution in [0.3, 0.4) is 0 Å². The fraction of sp³-hybridized carbons (Fsp3) is 0.611. The van der Waals surface area contributed by atoms with Gasteiger partial charge in [-0.2, -0.15) is 0 Å². The maximum absolute atomic E-state index is 12.7. The van der Waals surface area contributed by atoms with E-state index >= 15 is 0 Å². The van der Waals surface area contributed by atoms with Gasteiger partial charge in [-0.05, 0) is 39.8 Å². The van der Waals surface area contributed by atoms with Crippen LogP contribution in [0.1, 0.15) is 27.7 Å². The highest BCUT2D eigenvalue weighted by Crippen LogP contribution is 2.44. The standard InChI is InChI=1S/C18H22O7/c1-17(2)22-11-12(23-17)14-16(25-18(3,4)24-14)21-13(11)15(19)20-10-8-6-5-7-9-10/h5-9,11-14,16H,1-4H3/t11-,12+,13-,14-,16+/m1/s1. The van der Waals surface area contributed by atoms with Gasteiger partial charge in [-0.15, -0.1) is 0 Å². The molecule has 0 radical (unpaired) electrons. The number of esters is 1. The molecule has 1 aromatic carbocycles. The lowest BCUT2D eigenvalue weighted by atomic mass is 9.99. The average molecular weight is 350 g/mol. The van der Waals surface area contributed by atoms with Crippen LogP contribution in [0.15, 0.2) is 30.3 Å². The molecule has 4 rings (SSSR count). The SMILES string of the molecule is CC1(C)O[C@H]2[C@@H](O1)[C@H](C(=O)Oc1ccccc1)O[C@H]1OC(C)(C)O[C@@H]12. The highest BCUT2D eigenvalue weighted by Gasteiger charge is 2.62. The van der Waals surface area contributed by atoms with E-state index in [1.165, 1.54) is 0 Å². The van der Waals surface area contributed by atoms with Crippen molar-refractivity contribution < 1.29 is 33.2 Å². The summed E-state index contributed by atoms with van der Waals surface area (Å²) in [5.41, 5.74) is 0. The van der Waals surface area contributed by atoms with Crippen molar-refractivity contribution in [1.82, 2.24) is 0 Å². The number of benzene rings is 1. The lowest BCUT2D eigenvalue weighted by Crippen LogP contribution is -2.58. The van der Waals surface area contributed by atoms with Crippen LogP contribution in [-0.2, 0) is 28.5 Å². The maximum atomic E-state index is 12.7. The Bertz CT molecular complexity index is 657. The Morgan fingerprint density at radius 1 is 0.880 bits per heavy atom. The van der Waals surface area contributed by atoms with Crippen LogP contribution < -0.4 is 4.74 Å². The largest absolute Gasteiger partial charge is 0.425 e. The van der Waals surface area contributed by atoms with E-state index in [1.807, 2.05) is 6.07 Å². The van der Waals surface area contributed by atoms with Gasteiger partial charge in [-0.1, -0.05) is 18.2 Å². The first-order chi connectivity index (χ1) is 11.7. The van der Waals surface area contributed by atoms with E-state index in [0.717, 1.165) is 0 Å². The molecule has 136 valence electrons. The van der Waals surface area contributed by atoms with Gasteiger partial charge in [0.25, 0.3) is 0 Å². The summed E-state index contributed by atoms with van der Waals surface area (Å²) in [6, 6.07) is 8.83. The Morgan fingerprint density at radius 3 is 2.20 bits per heavy atom. The van der Waals surface area contributed by atoms with E-state index in [4.69, 9.17) is 28.4 Å². The first-order valence-corrected chi connectivity index (χ1v) is 8.38. The predicted octanol–water partition coefficient (Wildman–Crippen LogP) is 1.99. The third-order valence-electron chi connectivity index (χ3n) is 4.35. The number of carbonyl (C=O) groups is 1. The molecule has 3 heterocycles. The third-order valence-corrected chi connectivity index (χ3v) is 4.35. The zero-order valence-corrected chi connectivity index (χ0v) is 14.6. The van der Waals surface area contributed by atoms with Crippen LogP contribution in [0.2, 0.25) is 0 Å². The van der Waals surface area contributed by atoms with Crippen LogP contribution in [0, 0.1) is 0 Å². The summed E-state index contributed by atoms with van der Waals surface area (Å²) in [4.78, 5) is 12.7. The summed E-state index contributed by atoms with van der Waals surface area (Å²) in [7, 11) is 0. The van der Waals surface area contributed by atoms with Crippen molar-refractivity contribution >= 4 is 5.97 Å². The molecule has 3 aliphatic rings. The highest BCUT2D eigenvalue weighted by atomic mass is 16.9. The molecular weight excluding hydrogens is 328 g/mol. The molecule has 5 atom stereocenters. The van der Waals surface area contributed by atoms with E-state index in [0.29, 0.717) is 5.75 Å². The van der Waals surface area contributed by atoms with Crippen molar-refractivity contribution in [2.75, 3.05) is 0 Å². The van der Waals surface area contributed by atoms with Crippen LogP contribution in [-0.4, -0.2) is 48.2 Å². The van der Waals surface area contributed by atoms with Gasteiger partial charge in [0.1, 0.15) is 24.1 Å². The van der Waals surface area contributed by atoms with Gasteiger partial charge in [0, 0.05) is 0 Å². The first kappa shape index (κ1) is 16.9. The lowest BCUT2D eigenvalue weighted by Gasteiger charge is -2.35. The fourth-order valence-corrected chi connectivity index (χ4v) is 3.46. The minimum Gasteiger partial charge on any atom is -0.425 e. The second kappa shape index (κ2) is 5.75. The summed E-state index contributed by atoms with van der Waals surface area (Å²) in [5, 5.41) is 0. The average Bonchev–Trinajstić information content (AvgIpc) is 3.01. The summed E-state index contributed by atoms with van der Waals surface area (Å²) in [6.45, 7) is 7.17. The molecule has 0 aliphatic carbocycles. The van der Waals surface area contributed by atoms with Crippen molar-refractivity contribution in [2.24, 2.45) is 0 Å². The van der Waals surface area contributed by atoms with Gasteiger partial charge in [0.05, 0.1) is 0 Å². The lowest BCUT2D eigenvalue weighted by molar-refractivity contribution is -0.236. The molecule has 0 aromatic heterocycles. The molecule has 3 fully saturated rings. The van der Waals surface area contributed by atoms with Gasteiger partial charge < -0.3 is 28.4 Å². The molecule has 7 nitrogen and oxygen atoms in total.